The minimum atomic E-state index is -0.514. The Hall–Kier alpha value is 0.0864. The van der Waals surface area contributed by atoms with Gasteiger partial charge in [0.15, 0.2) is 0 Å². The van der Waals surface area contributed by atoms with E-state index < -0.39 is 11.2 Å². The van der Waals surface area contributed by atoms with Gasteiger partial charge in [0.2, 0.25) is 0 Å². The van der Waals surface area contributed by atoms with Crippen molar-refractivity contribution >= 4 is 22.5 Å². The van der Waals surface area contributed by atoms with Crippen molar-refractivity contribution in [2.75, 3.05) is 0 Å². The first kappa shape index (κ1) is 12.2. The summed E-state index contributed by atoms with van der Waals surface area (Å²) in [5.41, 5.74) is -0.459. The van der Waals surface area contributed by atoms with Crippen LogP contribution in [0.15, 0.2) is 27.8 Å². The van der Waals surface area contributed by atoms with Crippen molar-refractivity contribution in [3.05, 3.63) is 44.1 Å². The quantitative estimate of drug-likeness (QED) is 0.519. The normalized spacial score (nSPS) is 9.79. The van der Waals surface area contributed by atoms with E-state index in [0.29, 0.717) is 15.9 Å². The maximum absolute atomic E-state index is 11.2. The molecule has 2 N–H and O–H groups in total. The summed E-state index contributed by atoms with van der Waals surface area (Å²) in [5, 5.41) is 0.845. The topological polar surface area (TPSA) is 65.7 Å². The van der Waals surface area contributed by atoms with Crippen molar-refractivity contribution in [1.29, 1.82) is 0 Å². The van der Waals surface area contributed by atoms with Gasteiger partial charge in [-0.3, -0.25) is 9.78 Å². The number of hydrogen-bond acceptors (Lipinski definition) is 2. The van der Waals surface area contributed by atoms with Gasteiger partial charge in [-0.25, -0.2) is 4.79 Å². The van der Waals surface area contributed by atoms with E-state index in [9.17, 15) is 9.59 Å². The molecule has 0 saturated heterocycles. The van der Waals surface area contributed by atoms with Crippen LogP contribution in [0.25, 0.3) is 10.9 Å². The molecule has 0 unspecified atom stereocenters. The molecule has 1 heterocycles. The zero-order valence-corrected chi connectivity index (χ0v) is 11.3. The van der Waals surface area contributed by atoms with Gasteiger partial charge in [-0.15, -0.1) is 0 Å². The fourth-order valence-corrected chi connectivity index (χ4v) is 1.31. The van der Waals surface area contributed by atoms with Crippen molar-refractivity contribution in [1.82, 2.24) is 9.97 Å². The molecule has 0 aliphatic rings. The molecule has 2 aromatic rings. The molecule has 1 aromatic carbocycles. The predicted molar refractivity (Wildman–Crippen MR) is 51.3 cm³/mol. The monoisotopic (exact) mass is 236 g/mol. The van der Waals surface area contributed by atoms with Crippen LogP contribution in [0.4, 0.5) is 0 Å². The molecule has 0 saturated carbocycles. The molecule has 1 aromatic heterocycles. The van der Waals surface area contributed by atoms with E-state index in [1.54, 1.807) is 12.1 Å². The van der Waals surface area contributed by atoms with Crippen LogP contribution in [-0.4, -0.2) is 9.97 Å². The number of benzene rings is 1. The minimum Gasteiger partial charge on any atom is -1.00 e. The van der Waals surface area contributed by atoms with E-state index in [-0.39, 0.29) is 52.8 Å². The molecule has 14 heavy (non-hydrogen) atoms. The maximum atomic E-state index is 11.2. The first-order chi connectivity index (χ1) is 6.16. The minimum absolute atomic E-state index is 0. The van der Waals surface area contributed by atoms with E-state index in [1.165, 1.54) is 6.07 Å². The predicted octanol–water partition coefficient (Wildman–Crippen LogP) is -2.01. The number of fused-ring (bicyclic) bond motifs is 1. The smallest absolute Gasteiger partial charge is 1.00 e. The Morgan fingerprint density at radius 1 is 1.21 bits per heavy atom. The molecule has 2 rings (SSSR count). The largest absolute Gasteiger partial charge is 1.00 e. The summed E-state index contributed by atoms with van der Waals surface area (Å²) in [6, 6.07) is 4.71. The molecular formula is C8H6ClKN2O2. The average molecular weight is 237 g/mol. The van der Waals surface area contributed by atoms with Gasteiger partial charge in [0.05, 0.1) is 10.9 Å². The van der Waals surface area contributed by atoms with Crippen LogP contribution in [0.1, 0.15) is 1.43 Å². The van der Waals surface area contributed by atoms with Crippen LogP contribution in [0.3, 0.4) is 0 Å². The molecule has 0 aliphatic carbocycles. The average Bonchev–Trinajstić information content (AvgIpc) is 2.06. The first-order valence-corrected chi connectivity index (χ1v) is 3.96. The molecule has 0 spiro atoms. The second kappa shape index (κ2) is 4.74. The van der Waals surface area contributed by atoms with Crippen molar-refractivity contribution in [3.8, 4) is 0 Å². The van der Waals surface area contributed by atoms with Crippen molar-refractivity contribution in [2.24, 2.45) is 0 Å². The molecule has 4 nitrogen and oxygen atoms in total. The zero-order chi connectivity index (χ0) is 9.42. The van der Waals surface area contributed by atoms with E-state index in [0.717, 1.165) is 0 Å². The van der Waals surface area contributed by atoms with Gasteiger partial charge >= 0.3 is 57.1 Å². The van der Waals surface area contributed by atoms with Gasteiger partial charge in [-0.1, -0.05) is 11.6 Å². The van der Waals surface area contributed by atoms with Gasteiger partial charge in [-0.2, -0.15) is 0 Å². The summed E-state index contributed by atoms with van der Waals surface area (Å²) >= 11 is 5.69. The van der Waals surface area contributed by atoms with Crippen LogP contribution >= 0.6 is 11.6 Å². The molecule has 0 radical (unpaired) electrons. The third-order valence-corrected chi connectivity index (χ3v) is 1.94. The molecular weight excluding hydrogens is 231 g/mol. The fraction of sp³-hybridized carbons (Fsp3) is 0. The SMILES string of the molecule is O=c1[nH]c(=O)c2cc(Cl)ccc2[nH]1.[H-].[K+]. The number of hydrogen-bond donors (Lipinski definition) is 2. The molecule has 0 atom stereocenters. The van der Waals surface area contributed by atoms with E-state index >= 15 is 0 Å². The van der Waals surface area contributed by atoms with Crippen molar-refractivity contribution in [3.63, 3.8) is 0 Å². The Kier molecular flexibility index (Phi) is 4.11. The third-order valence-electron chi connectivity index (χ3n) is 1.70. The summed E-state index contributed by atoms with van der Waals surface area (Å²) in [6.07, 6.45) is 0. The third kappa shape index (κ3) is 2.36. The molecule has 0 bridgehead atoms. The Balaban J connectivity index is 0.000000980. The van der Waals surface area contributed by atoms with Crippen molar-refractivity contribution in [2.45, 2.75) is 0 Å². The standard InChI is InChI=1S/C8H5ClN2O2.K.H/c9-4-1-2-6-5(3-4)7(12)11-8(13)10-6;;/h1-3H,(H2,10,11,12,13);;/q;+1;-1. The van der Waals surface area contributed by atoms with Gasteiger partial charge in [0.1, 0.15) is 0 Å². The van der Waals surface area contributed by atoms with Gasteiger partial charge < -0.3 is 6.41 Å². The Labute approximate surface area is 128 Å². The molecule has 0 amide bonds. The summed E-state index contributed by atoms with van der Waals surface area (Å²) in [6.45, 7) is 0. The van der Waals surface area contributed by atoms with Gasteiger partial charge in [0, 0.05) is 5.02 Å². The van der Waals surface area contributed by atoms with Crippen molar-refractivity contribution < 1.29 is 52.8 Å². The number of aromatic amines is 2. The Morgan fingerprint density at radius 2 is 1.93 bits per heavy atom. The maximum Gasteiger partial charge on any atom is 1.00 e. The molecule has 68 valence electrons. The van der Waals surface area contributed by atoms with E-state index in [1.807, 2.05) is 0 Å². The van der Waals surface area contributed by atoms with Crippen LogP contribution in [0.5, 0.6) is 0 Å². The molecule has 0 aliphatic heterocycles. The van der Waals surface area contributed by atoms with E-state index in [4.69, 9.17) is 11.6 Å². The van der Waals surface area contributed by atoms with Crippen LogP contribution in [0.2, 0.25) is 5.02 Å². The second-order valence-electron chi connectivity index (χ2n) is 2.60. The van der Waals surface area contributed by atoms with Crippen LogP contribution in [0, 0.1) is 0 Å². The summed E-state index contributed by atoms with van der Waals surface area (Å²) in [4.78, 5) is 26.7. The number of halogens is 1. The number of H-pyrrole nitrogens is 2. The fourth-order valence-electron chi connectivity index (χ4n) is 1.14. The van der Waals surface area contributed by atoms with Gasteiger partial charge in [-0.05, 0) is 18.2 Å². The Bertz CT molecular complexity index is 581. The second-order valence-corrected chi connectivity index (χ2v) is 3.03. The van der Waals surface area contributed by atoms with Gasteiger partial charge in [0.25, 0.3) is 5.56 Å². The van der Waals surface area contributed by atoms with Crippen LogP contribution in [-0.2, 0) is 0 Å². The number of rotatable bonds is 0. The molecule has 6 heteroatoms. The van der Waals surface area contributed by atoms with Crippen LogP contribution < -0.4 is 62.6 Å². The number of nitrogens with one attached hydrogen (secondary N) is 2. The summed E-state index contributed by atoms with van der Waals surface area (Å²) in [7, 11) is 0. The van der Waals surface area contributed by atoms with E-state index in [2.05, 4.69) is 9.97 Å². The summed E-state index contributed by atoms with van der Waals surface area (Å²) < 4.78 is 0. The summed E-state index contributed by atoms with van der Waals surface area (Å²) in [5.74, 6) is 0. The Morgan fingerprint density at radius 3 is 2.64 bits per heavy atom. The number of aromatic nitrogens is 2. The zero-order valence-electron chi connectivity index (χ0n) is 8.43. The first-order valence-electron chi connectivity index (χ1n) is 3.59. The molecule has 0 fully saturated rings.